The van der Waals surface area contributed by atoms with Gasteiger partial charge in [-0.05, 0) is 49.2 Å². The van der Waals surface area contributed by atoms with Gasteiger partial charge in [0, 0.05) is 18.8 Å². The smallest absolute Gasteiger partial charge is 0.229 e. The standard InChI is InChI=1S/C19H17F2N3OS/c20-13-4-1-5-15(9-13)22-18(25)12-3-2-8-24(11-12)19-23-16-7-6-14(21)10-17(16)26-19/h1,4-7,9-10,12H,2-3,8,11H2,(H,22,25). The van der Waals surface area contributed by atoms with E-state index in [1.165, 1.54) is 35.6 Å². The number of carbonyl (C=O) groups excluding carboxylic acids is 1. The molecule has 26 heavy (non-hydrogen) atoms. The lowest BCUT2D eigenvalue weighted by Crippen LogP contribution is -2.40. The Morgan fingerprint density at radius 1 is 1.19 bits per heavy atom. The first kappa shape index (κ1) is 16.9. The van der Waals surface area contributed by atoms with E-state index in [-0.39, 0.29) is 23.5 Å². The third-order valence-corrected chi connectivity index (χ3v) is 5.57. The minimum atomic E-state index is -0.380. The summed E-state index contributed by atoms with van der Waals surface area (Å²) in [5, 5.41) is 3.59. The topological polar surface area (TPSA) is 45.2 Å². The van der Waals surface area contributed by atoms with Gasteiger partial charge in [0.25, 0.3) is 0 Å². The van der Waals surface area contributed by atoms with E-state index >= 15 is 0 Å². The van der Waals surface area contributed by atoms with E-state index in [1.807, 2.05) is 0 Å². The van der Waals surface area contributed by atoms with Gasteiger partial charge in [-0.15, -0.1) is 0 Å². The van der Waals surface area contributed by atoms with Crippen molar-refractivity contribution in [3.8, 4) is 0 Å². The van der Waals surface area contributed by atoms with Crippen molar-refractivity contribution in [2.45, 2.75) is 12.8 Å². The molecule has 1 aliphatic heterocycles. The Morgan fingerprint density at radius 2 is 2.04 bits per heavy atom. The number of piperidine rings is 1. The quantitative estimate of drug-likeness (QED) is 0.739. The molecular formula is C19H17F2N3OS. The first-order chi connectivity index (χ1) is 12.6. The molecule has 1 unspecified atom stereocenters. The summed E-state index contributed by atoms with van der Waals surface area (Å²) in [7, 11) is 0. The zero-order valence-corrected chi connectivity index (χ0v) is 14.7. The fourth-order valence-electron chi connectivity index (χ4n) is 3.20. The van der Waals surface area contributed by atoms with Crippen molar-refractivity contribution >= 4 is 38.3 Å². The molecule has 1 saturated heterocycles. The molecule has 0 saturated carbocycles. The summed E-state index contributed by atoms with van der Waals surface area (Å²) in [4.78, 5) is 19.2. The summed E-state index contributed by atoms with van der Waals surface area (Å²) in [6.45, 7) is 1.36. The van der Waals surface area contributed by atoms with Gasteiger partial charge in [0.05, 0.1) is 16.1 Å². The Morgan fingerprint density at radius 3 is 2.88 bits per heavy atom. The van der Waals surface area contributed by atoms with Crippen molar-refractivity contribution < 1.29 is 13.6 Å². The van der Waals surface area contributed by atoms with E-state index in [2.05, 4.69) is 15.2 Å². The van der Waals surface area contributed by atoms with Crippen LogP contribution in [0.4, 0.5) is 19.6 Å². The van der Waals surface area contributed by atoms with Gasteiger partial charge in [-0.2, -0.15) is 0 Å². The van der Waals surface area contributed by atoms with Gasteiger partial charge >= 0.3 is 0 Å². The molecular weight excluding hydrogens is 356 g/mol. The highest BCUT2D eigenvalue weighted by atomic mass is 32.1. The predicted molar refractivity (Wildman–Crippen MR) is 99.5 cm³/mol. The highest BCUT2D eigenvalue weighted by Crippen LogP contribution is 2.32. The van der Waals surface area contributed by atoms with Crippen LogP contribution >= 0.6 is 11.3 Å². The fraction of sp³-hybridized carbons (Fsp3) is 0.263. The summed E-state index contributed by atoms with van der Waals surface area (Å²) < 4.78 is 27.5. The maximum Gasteiger partial charge on any atom is 0.229 e. The molecule has 1 N–H and O–H groups in total. The number of hydrogen-bond donors (Lipinski definition) is 1. The Balaban J connectivity index is 1.48. The number of halogens is 2. The summed E-state index contributed by atoms with van der Waals surface area (Å²) in [6.07, 6.45) is 1.64. The van der Waals surface area contributed by atoms with E-state index < -0.39 is 0 Å². The van der Waals surface area contributed by atoms with Crippen molar-refractivity contribution in [3.63, 3.8) is 0 Å². The van der Waals surface area contributed by atoms with Gasteiger partial charge in [0.2, 0.25) is 5.91 Å². The monoisotopic (exact) mass is 373 g/mol. The van der Waals surface area contributed by atoms with Crippen molar-refractivity contribution in [3.05, 3.63) is 54.1 Å². The minimum absolute atomic E-state index is 0.118. The van der Waals surface area contributed by atoms with Crippen LogP contribution in [0.3, 0.4) is 0 Å². The van der Waals surface area contributed by atoms with Gasteiger partial charge in [-0.3, -0.25) is 4.79 Å². The van der Waals surface area contributed by atoms with Crippen LogP contribution in [-0.4, -0.2) is 24.0 Å². The number of amides is 1. The largest absolute Gasteiger partial charge is 0.347 e. The molecule has 4 nitrogen and oxygen atoms in total. The second-order valence-corrected chi connectivity index (χ2v) is 7.40. The van der Waals surface area contributed by atoms with Crippen LogP contribution in [0.2, 0.25) is 0 Å². The summed E-state index contributed by atoms with van der Waals surface area (Å²) in [6, 6.07) is 10.4. The van der Waals surface area contributed by atoms with E-state index in [9.17, 15) is 13.6 Å². The molecule has 0 aliphatic carbocycles. The second-order valence-electron chi connectivity index (χ2n) is 6.39. The third-order valence-electron chi connectivity index (χ3n) is 4.49. The van der Waals surface area contributed by atoms with E-state index in [0.29, 0.717) is 12.2 Å². The molecule has 1 fully saturated rings. The number of nitrogens with zero attached hydrogens (tertiary/aromatic N) is 2. The van der Waals surface area contributed by atoms with Crippen molar-refractivity contribution in [1.29, 1.82) is 0 Å². The number of hydrogen-bond acceptors (Lipinski definition) is 4. The number of aromatic nitrogens is 1. The van der Waals surface area contributed by atoms with Crippen LogP contribution < -0.4 is 10.2 Å². The van der Waals surface area contributed by atoms with Gasteiger partial charge in [0.15, 0.2) is 5.13 Å². The van der Waals surface area contributed by atoms with Crippen molar-refractivity contribution in [2.24, 2.45) is 5.92 Å². The van der Waals surface area contributed by atoms with Gasteiger partial charge in [-0.25, -0.2) is 13.8 Å². The SMILES string of the molecule is O=C(Nc1cccc(F)c1)C1CCCN(c2nc3ccc(F)cc3s2)C1. The van der Waals surface area contributed by atoms with Crippen molar-refractivity contribution in [1.82, 2.24) is 4.98 Å². The number of thiazole rings is 1. The Labute approximate surface area is 153 Å². The Hall–Kier alpha value is -2.54. The summed E-state index contributed by atoms with van der Waals surface area (Å²) >= 11 is 1.43. The molecule has 2 heterocycles. The minimum Gasteiger partial charge on any atom is -0.347 e. The molecule has 7 heteroatoms. The average Bonchev–Trinajstić information content (AvgIpc) is 3.05. The molecule has 1 aromatic heterocycles. The van der Waals surface area contributed by atoms with Gasteiger partial charge in [-0.1, -0.05) is 17.4 Å². The maximum atomic E-state index is 13.4. The van der Waals surface area contributed by atoms with Crippen LogP contribution in [0.25, 0.3) is 10.2 Å². The first-order valence-electron chi connectivity index (χ1n) is 8.46. The van der Waals surface area contributed by atoms with Crippen LogP contribution in [-0.2, 0) is 4.79 Å². The summed E-state index contributed by atoms with van der Waals surface area (Å²) in [5.41, 5.74) is 1.22. The molecule has 1 amide bonds. The van der Waals surface area contributed by atoms with E-state index in [4.69, 9.17) is 0 Å². The molecule has 0 radical (unpaired) electrons. The highest BCUT2D eigenvalue weighted by molar-refractivity contribution is 7.22. The lowest BCUT2D eigenvalue weighted by Gasteiger charge is -2.31. The molecule has 4 rings (SSSR count). The Kier molecular flexibility index (Phi) is 4.55. The average molecular weight is 373 g/mol. The maximum absolute atomic E-state index is 13.4. The van der Waals surface area contributed by atoms with Crippen LogP contribution in [0, 0.1) is 17.6 Å². The van der Waals surface area contributed by atoms with E-state index in [0.717, 1.165) is 34.7 Å². The lowest BCUT2D eigenvalue weighted by molar-refractivity contribution is -0.120. The van der Waals surface area contributed by atoms with Gasteiger partial charge in [0.1, 0.15) is 11.6 Å². The van der Waals surface area contributed by atoms with Crippen LogP contribution in [0.15, 0.2) is 42.5 Å². The second kappa shape index (κ2) is 6.99. The molecule has 1 aliphatic rings. The molecule has 1 atom stereocenters. The number of rotatable bonds is 3. The Bertz CT molecular complexity index is 959. The zero-order chi connectivity index (χ0) is 18.1. The number of carbonyl (C=O) groups is 1. The molecule has 134 valence electrons. The summed E-state index contributed by atoms with van der Waals surface area (Å²) in [5.74, 6) is -0.975. The molecule has 0 bridgehead atoms. The first-order valence-corrected chi connectivity index (χ1v) is 9.27. The highest BCUT2D eigenvalue weighted by Gasteiger charge is 2.27. The number of anilines is 2. The van der Waals surface area contributed by atoms with E-state index in [1.54, 1.807) is 18.2 Å². The number of nitrogens with one attached hydrogen (secondary N) is 1. The van der Waals surface area contributed by atoms with Crippen LogP contribution in [0.5, 0.6) is 0 Å². The molecule has 0 spiro atoms. The predicted octanol–water partition coefficient (Wildman–Crippen LogP) is 4.43. The zero-order valence-electron chi connectivity index (χ0n) is 13.9. The van der Waals surface area contributed by atoms with Crippen LogP contribution in [0.1, 0.15) is 12.8 Å². The fourth-order valence-corrected chi connectivity index (χ4v) is 4.22. The lowest BCUT2D eigenvalue weighted by atomic mass is 9.97. The van der Waals surface area contributed by atoms with Crippen molar-refractivity contribution in [2.75, 3.05) is 23.3 Å². The normalized spacial score (nSPS) is 17.5. The molecule has 3 aromatic rings. The third kappa shape index (κ3) is 3.53. The molecule has 2 aromatic carbocycles. The number of benzene rings is 2. The van der Waals surface area contributed by atoms with Gasteiger partial charge < -0.3 is 10.2 Å². The number of fused-ring (bicyclic) bond motifs is 1.